The average molecular weight is 648 g/mol. The van der Waals surface area contributed by atoms with E-state index in [-0.39, 0.29) is 36.1 Å². The maximum atomic E-state index is 13.7. The quantitative estimate of drug-likeness (QED) is 0.122. The van der Waals surface area contributed by atoms with Gasteiger partial charge in [-0.15, -0.1) is 0 Å². The highest BCUT2D eigenvalue weighted by Crippen LogP contribution is 2.39. The lowest BCUT2D eigenvalue weighted by molar-refractivity contribution is -0.111. The molecule has 0 radical (unpaired) electrons. The number of ketones is 1. The summed E-state index contributed by atoms with van der Waals surface area (Å²) >= 11 is 0. The molecular weight excluding hydrogens is 606 g/mol. The first-order valence-electron chi connectivity index (χ1n) is 15.8. The van der Waals surface area contributed by atoms with E-state index in [1.54, 1.807) is 66.4 Å². The fraction of sp³-hybridized carbons (Fsp3) is 0.270. The molecule has 3 aromatic carbocycles. The van der Waals surface area contributed by atoms with E-state index in [4.69, 9.17) is 0 Å². The molecule has 0 unspecified atom stereocenters. The lowest BCUT2D eigenvalue weighted by atomic mass is 9.98. The molecule has 0 bridgehead atoms. The highest BCUT2D eigenvalue weighted by molar-refractivity contribution is 6.06. The number of likely N-dealkylation sites (N-methyl/N-ethyl adjacent to an activating group) is 1. The van der Waals surface area contributed by atoms with Crippen molar-refractivity contribution in [2.45, 2.75) is 45.3 Å². The minimum atomic E-state index is -0.697. The predicted octanol–water partition coefficient (Wildman–Crippen LogP) is 5.67. The zero-order valence-corrected chi connectivity index (χ0v) is 27.8. The second-order valence-corrected chi connectivity index (χ2v) is 12.6. The standard InChI is InChI=1S/C37H41N7O4/c1-6-11-33(46)38-27-18-16-25(17-19-27)35(47)39-28-15-10-14-26(20-28)32(45)21-30-29-22-44(37(2,3)34(29)42-41-30)36(48)40-31(23-43(4)5)24-12-8-7-9-13-24/h6-20,31H,21-23H2,1-5H3,(H,38,46)(H,39,47)(H,40,48)(H,41,42)/b11-6+/t31-/m1/s1. The molecule has 4 amide bonds. The fourth-order valence-corrected chi connectivity index (χ4v) is 5.82. The Morgan fingerprint density at radius 1 is 0.938 bits per heavy atom. The van der Waals surface area contributed by atoms with Gasteiger partial charge >= 0.3 is 6.03 Å². The number of urea groups is 1. The van der Waals surface area contributed by atoms with Gasteiger partial charge in [0.15, 0.2) is 5.78 Å². The van der Waals surface area contributed by atoms with Gasteiger partial charge in [-0.05, 0) is 82.9 Å². The summed E-state index contributed by atoms with van der Waals surface area (Å²) in [4.78, 5) is 55.6. The molecule has 1 atom stereocenters. The first kappa shape index (κ1) is 33.8. The van der Waals surface area contributed by atoms with Gasteiger partial charge in [0.2, 0.25) is 5.91 Å². The Morgan fingerprint density at radius 2 is 1.67 bits per heavy atom. The van der Waals surface area contributed by atoms with E-state index in [0.29, 0.717) is 41.3 Å². The number of hydrogen-bond donors (Lipinski definition) is 4. The van der Waals surface area contributed by atoms with E-state index in [1.807, 2.05) is 63.2 Å². The van der Waals surface area contributed by atoms with Crippen molar-refractivity contribution in [3.8, 4) is 0 Å². The Bertz CT molecular complexity index is 1830. The zero-order valence-electron chi connectivity index (χ0n) is 27.8. The van der Waals surface area contributed by atoms with Crippen molar-refractivity contribution in [3.05, 3.63) is 125 Å². The lowest BCUT2D eigenvalue weighted by Gasteiger charge is -2.33. The van der Waals surface area contributed by atoms with Crippen LogP contribution in [0.4, 0.5) is 16.2 Å². The van der Waals surface area contributed by atoms with Crippen molar-refractivity contribution >= 4 is 35.0 Å². The van der Waals surface area contributed by atoms with Crippen molar-refractivity contribution in [1.82, 2.24) is 25.3 Å². The number of carbonyl (C=O) groups excluding carboxylic acids is 4. The van der Waals surface area contributed by atoms with Gasteiger partial charge in [-0.1, -0.05) is 48.5 Å². The SMILES string of the molecule is C/C=C/C(=O)Nc1ccc(C(=O)Nc2cccc(C(=O)Cc3[nH]nc4c3CN(C(=O)N[C@H](CN(C)C)c3ccccc3)C4(C)C)c2)cc1. The van der Waals surface area contributed by atoms with Gasteiger partial charge in [-0.25, -0.2) is 4.79 Å². The van der Waals surface area contributed by atoms with Crippen LogP contribution in [-0.2, 0) is 23.3 Å². The number of nitrogens with one attached hydrogen (secondary N) is 4. The molecule has 48 heavy (non-hydrogen) atoms. The average Bonchev–Trinajstić information content (AvgIpc) is 3.58. The third kappa shape index (κ3) is 7.69. The number of hydrogen-bond acceptors (Lipinski definition) is 6. The van der Waals surface area contributed by atoms with Crippen LogP contribution in [0.2, 0.25) is 0 Å². The number of carbonyl (C=O) groups is 4. The summed E-state index contributed by atoms with van der Waals surface area (Å²) in [6.45, 7) is 6.61. The minimum Gasteiger partial charge on any atom is -0.330 e. The number of aromatic nitrogens is 2. The molecule has 0 spiro atoms. The molecule has 4 aromatic rings. The molecule has 0 saturated heterocycles. The molecule has 0 aliphatic carbocycles. The van der Waals surface area contributed by atoms with Crippen molar-refractivity contribution in [2.24, 2.45) is 0 Å². The second kappa shape index (κ2) is 14.5. The molecular formula is C37H41N7O4. The third-order valence-electron chi connectivity index (χ3n) is 8.33. The van der Waals surface area contributed by atoms with Crippen molar-refractivity contribution in [2.75, 3.05) is 31.3 Å². The van der Waals surface area contributed by atoms with E-state index in [9.17, 15) is 19.2 Å². The molecule has 5 rings (SSSR count). The summed E-state index contributed by atoms with van der Waals surface area (Å²) in [6.07, 6.45) is 3.11. The Kier molecular flexibility index (Phi) is 10.2. The number of rotatable bonds is 11. The highest BCUT2D eigenvalue weighted by Gasteiger charge is 2.44. The molecule has 0 fully saturated rings. The first-order chi connectivity index (χ1) is 23.0. The largest absolute Gasteiger partial charge is 0.330 e. The number of fused-ring (bicyclic) bond motifs is 1. The van der Waals surface area contributed by atoms with Crippen molar-refractivity contribution in [3.63, 3.8) is 0 Å². The van der Waals surface area contributed by atoms with Crippen molar-refractivity contribution in [1.29, 1.82) is 0 Å². The van der Waals surface area contributed by atoms with Crippen LogP contribution in [0.5, 0.6) is 0 Å². The number of anilines is 2. The zero-order chi connectivity index (χ0) is 34.4. The summed E-state index contributed by atoms with van der Waals surface area (Å²) in [5, 5.41) is 16.4. The number of H-pyrrole nitrogens is 1. The first-order valence-corrected chi connectivity index (χ1v) is 15.8. The van der Waals surface area contributed by atoms with Crippen LogP contribution in [0.1, 0.15) is 70.0 Å². The Morgan fingerprint density at radius 3 is 2.35 bits per heavy atom. The normalized spacial score (nSPS) is 14.1. The second-order valence-electron chi connectivity index (χ2n) is 12.6. The fourth-order valence-electron chi connectivity index (χ4n) is 5.82. The number of amides is 4. The third-order valence-corrected chi connectivity index (χ3v) is 8.33. The minimum absolute atomic E-state index is 0.0545. The molecule has 4 N–H and O–H groups in total. The summed E-state index contributed by atoms with van der Waals surface area (Å²) < 4.78 is 0. The molecule has 0 saturated carbocycles. The van der Waals surface area contributed by atoms with Crippen molar-refractivity contribution < 1.29 is 19.2 Å². The van der Waals surface area contributed by atoms with Crippen LogP contribution in [-0.4, -0.2) is 64.3 Å². The van der Waals surface area contributed by atoms with E-state index in [0.717, 1.165) is 16.8 Å². The van der Waals surface area contributed by atoms with Crippen LogP contribution >= 0.6 is 0 Å². The van der Waals surface area contributed by atoms with Crippen LogP contribution in [0.3, 0.4) is 0 Å². The molecule has 1 aromatic heterocycles. The highest BCUT2D eigenvalue weighted by atomic mass is 16.2. The Hall–Kier alpha value is -5.55. The molecule has 11 nitrogen and oxygen atoms in total. The molecule has 1 aliphatic heterocycles. The summed E-state index contributed by atoms with van der Waals surface area (Å²) in [5.41, 5.74) is 4.42. The van der Waals surface area contributed by atoms with E-state index >= 15 is 0 Å². The van der Waals surface area contributed by atoms with Gasteiger partial charge in [0, 0.05) is 40.3 Å². The molecule has 1 aliphatic rings. The van der Waals surface area contributed by atoms with Gasteiger partial charge in [0.1, 0.15) is 0 Å². The predicted molar refractivity (Wildman–Crippen MR) is 186 cm³/mol. The van der Waals surface area contributed by atoms with Crippen LogP contribution in [0, 0.1) is 0 Å². The molecule has 11 heteroatoms. The van der Waals surface area contributed by atoms with E-state index < -0.39 is 5.54 Å². The number of aromatic amines is 1. The number of benzene rings is 3. The van der Waals surface area contributed by atoms with E-state index in [2.05, 4.69) is 26.1 Å². The van der Waals surface area contributed by atoms with Gasteiger partial charge < -0.3 is 25.8 Å². The Balaban J connectivity index is 1.24. The lowest BCUT2D eigenvalue weighted by Crippen LogP contribution is -2.48. The van der Waals surface area contributed by atoms with Gasteiger partial charge in [0.25, 0.3) is 5.91 Å². The van der Waals surface area contributed by atoms with Crippen LogP contribution < -0.4 is 16.0 Å². The van der Waals surface area contributed by atoms with Gasteiger partial charge in [-0.3, -0.25) is 19.5 Å². The molecule has 248 valence electrons. The maximum absolute atomic E-state index is 13.7. The molecule has 2 heterocycles. The Labute approximate surface area is 280 Å². The number of Topliss-reactive ketones (excluding diaryl/α,β-unsaturated/α-hetero) is 1. The van der Waals surface area contributed by atoms with Gasteiger partial charge in [-0.2, -0.15) is 5.10 Å². The topological polar surface area (TPSA) is 140 Å². The number of allylic oxidation sites excluding steroid dienone is 1. The number of nitrogens with zero attached hydrogens (tertiary/aromatic N) is 3. The monoisotopic (exact) mass is 647 g/mol. The summed E-state index contributed by atoms with van der Waals surface area (Å²) in [7, 11) is 3.94. The van der Waals surface area contributed by atoms with E-state index in [1.165, 1.54) is 6.08 Å². The summed E-state index contributed by atoms with van der Waals surface area (Å²) in [6, 6.07) is 22.8. The maximum Gasteiger partial charge on any atom is 0.319 e. The van der Waals surface area contributed by atoms with Crippen LogP contribution in [0.25, 0.3) is 0 Å². The smallest absolute Gasteiger partial charge is 0.319 e. The van der Waals surface area contributed by atoms with Crippen LogP contribution in [0.15, 0.2) is 91.0 Å². The summed E-state index contributed by atoms with van der Waals surface area (Å²) in [5.74, 6) is -0.761. The van der Waals surface area contributed by atoms with Gasteiger partial charge in [0.05, 0.1) is 30.2 Å².